The Morgan fingerprint density at radius 1 is 1.18 bits per heavy atom. The highest BCUT2D eigenvalue weighted by atomic mass is 16.3. The lowest BCUT2D eigenvalue weighted by molar-refractivity contribution is 0.464. The lowest BCUT2D eigenvalue weighted by atomic mass is 10.2. The van der Waals surface area contributed by atoms with E-state index in [9.17, 15) is 10.2 Å². The van der Waals surface area contributed by atoms with Crippen LogP contribution >= 0.6 is 0 Å². The second kappa shape index (κ2) is 4.74. The van der Waals surface area contributed by atoms with E-state index in [2.05, 4.69) is 10.3 Å². The Hall–Kier alpha value is -2.23. The van der Waals surface area contributed by atoms with Gasteiger partial charge in [-0.25, -0.2) is 0 Å². The Morgan fingerprint density at radius 2 is 2.00 bits per heavy atom. The number of aryl methyl sites for hydroxylation is 1. The maximum atomic E-state index is 9.62. The molecular formula is C13H14N2O2. The molecule has 0 fully saturated rings. The van der Waals surface area contributed by atoms with Crippen molar-refractivity contribution >= 4 is 5.69 Å². The van der Waals surface area contributed by atoms with E-state index >= 15 is 0 Å². The van der Waals surface area contributed by atoms with Crippen LogP contribution in [0.15, 0.2) is 36.4 Å². The van der Waals surface area contributed by atoms with E-state index in [-0.39, 0.29) is 11.5 Å². The molecule has 0 aliphatic rings. The zero-order valence-corrected chi connectivity index (χ0v) is 9.51. The molecule has 0 aliphatic heterocycles. The van der Waals surface area contributed by atoms with Crippen LogP contribution in [-0.2, 0) is 6.54 Å². The maximum absolute atomic E-state index is 9.62. The minimum absolute atomic E-state index is 0.170. The number of aromatic nitrogens is 1. The molecule has 3 N–H and O–H groups in total. The molecule has 88 valence electrons. The van der Waals surface area contributed by atoms with Crippen molar-refractivity contribution in [1.82, 2.24) is 4.98 Å². The third-order valence-electron chi connectivity index (χ3n) is 2.40. The molecule has 2 rings (SSSR count). The van der Waals surface area contributed by atoms with Crippen LogP contribution in [0.3, 0.4) is 0 Å². The molecule has 0 atom stereocenters. The van der Waals surface area contributed by atoms with Crippen molar-refractivity contribution in [1.29, 1.82) is 0 Å². The number of anilines is 1. The van der Waals surface area contributed by atoms with Crippen LogP contribution in [-0.4, -0.2) is 15.2 Å². The molecule has 0 radical (unpaired) electrons. The third-order valence-corrected chi connectivity index (χ3v) is 2.40. The van der Waals surface area contributed by atoms with E-state index in [1.54, 1.807) is 30.3 Å². The second-order valence-electron chi connectivity index (χ2n) is 3.82. The van der Waals surface area contributed by atoms with Gasteiger partial charge in [0.2, 0.25) is 0 Å². The SMILES string of the molecule is Cc1ccc(O)c(CNc2cccc(O)c2)n1. The predicted octanol–water partition coefficient (Wildman–Crippen LogP) is 2.41. The Morgan fingerprint density at radius 3 is 2.76 bits per heavy atom. The van der Waals surface area contributed by atoms with Crippen molar-refractivity contribution in [3.63, 3.8) is 0 Å². The molecule has 0 saturated carbocycles. The van der Waals surface area contributed by atoms with Crippen molar-refractivity contribution in [3.8, 4) is 11.5 Å². The first-order chi connectivity index (χ1) is 8.15. The zero-order chi connectivity index (χ0) is 12.3. The van der Waals surface area contributed by atoms with Crippen LogP contribution in [0, 0.1) is 6.92 Å². The summed E-state index contributed by atoms with van der Waals surface area (Å²) >= 11 is 0. The first kappa shape index (κ1) is 11.3. The van der Waals surface area contributed by atoms with Crippen LogP contribution in [0.2, 0.25) is 0 Å². The number of phenolic OH excluding ortho intramolecular Hbond substituents is 1. The van der Waals surface area contributed by atoms with Crippen LogP contribution in [0.25, 0.3) is 0 Å². The molecule has 1 aromatic heterocycles. The molecule has 1 heterocycles. The molecule has 17 heavy (non-hydrogen) atoms. The maximum Gasteiger partial charge on any atom is 0.138 e. The fourth-order valence-corrected chi connectivity index (χ4v) is 1.53. The zero-order valence-electron chi connectivity index (χ0n) is 9.51. The van der Waals surface area contributed by atoms with Gasteiger partial charge in [0, 0.05) is 17.4 Å². The summed E-state index contributed by atoms with van der Waals surface area (Å²) in [6.45, 7) is 2.29. The van der Waals surface area contributed by atoms with Gasteiger partial charge in [0.05, 0.1) is 6.54 Å². The number of rotatable bonds is 3. The van der Waals surface area contributed by atoms with Crippen LogP contribution in [0.5, 0.6) is 11.5 Å². The summed E-state index contributed by atoms with van der Waals surface area (Å²) in [6.07, 6.45) is 0. The molecule has 0 amide bonds. The molecule has 0 bridgehead atoms. The minimum Gasteiger partial charge on any atom is -0.508 e. The Kier molecular flexibility index (Phi) is 3.14. The van der Waals surface area contributed by atoms with Crippen molar-refractivity contribution in [2.45, 2.75) is 13.5 Å². The number of hydrogen-bond acceptors (Lipinski definition) is 4. The molecule has 1 aromatic carbocycles. The molecule has 0 unspecified atom stereocenters. The summed E-state index contributed by atoms with van der Waals surface area (Å²) in [5.41, 5.74) is 2.23. The number of nitrogens with zero attached hydrogens (tertiary/aromatic N) is 1. The van der Waals surface area contributed by atoms with Gasteiger partial charge in [-0.1, -0.05) is 6.07 Å². The fourth-order valence-electron chi connectivity index (χ4n) is 1.53. The highest BCUT2D eigenvalue weighted by Gasteiger charge is 2.03. The van der Waals surface area contributed by atoms with Gasteiger partial charge in [0.15, 0.2) is 0 Å². The smallest absolute Gasteiger partial charge is 0.138 e. The summed E-state index contributed by atoms with van der Waals surface area (Å²) in [4.78, 5) is 4.24. The lowest BCUT2D eigenvalue weighted by Gasteiger charge is -2.08. The van der Waals surface area contributed by atoms with Crippen LogP contribution in [0.4, 0.5) is 5.69 Å². The van der Waals surface area contributed by atoms with Crippen molar-refractivity contribution in [3.05, 3.63) is 47.8 Å². The normalized spacial score (nSPS) is 10.2. The predicted molar refractivity (Wildman–Crippen MR) is 66.1 cm³/mol. The topological polar surface area (TPSA) is 65.4 Å². The monoisotopic (exact) mass is 230 g/mol. The number of aromatic hydroxyl groups is 2. The number of hydrogen-bond donors (Lipinski definition) is 3. The van der Waals surface area contributed by atoms with Crippen molar-refractivity contribution in [2.75, 3.05) is 5.32 Å². The summed E-state index contributed by atoms with van der Waals surface area (Å²) < 4.78 is 0. The van der Waals surface area contributed by atoms with Gasteiger partial charge in [-0.3, -0.25) is 4.98 Å². The van der Waals surface area contributed by atoms with E-state index in [1.807, 2.05) is 13.0 Å². The lowest BCUT2D eigenvalue weighted by Crippen LogP contribution is -2.02. The van der Waals surface area contributed by atoms with Gasteiger partial charge in [0.25, 0.3) is 0 Å². The van der Waals surface area contributed by atoms with E-state index in [4.69, 9.17) is 0 Å². The standard InChI is InChI=1S/C13H14N2O2/c1-9-5-6-13(17)12(15-9)8-14-10-3-2-4-11(16)7-10/h2-7,14,16-17H,8H2,1H3. The van der Waals surface area contributed by atoms with Gasteiger partial charge in [-0.2, -0.15) is 0 Å². The molecule has 2 aromatic rings. The van der Waals surface area contributed by atoms with Gasteiger partial charge >= 0.3 is 0 Å². The van der Waals surface area contributed by atoms with Crippen LogP contribution in [0.1, 0.15) is 11.4 Å². The number of benzene rings is 1. The second-order valence-corrected chi connectivity index (χ2v) is 3.82. The van der Waals surface area contributed by atoms with Crippen molar-refractivity contribution in [2.24, 2.45) is 0 Å². The summed E-state index contributed by atoms with van der Waals surface area (Å²) in [5.74, 6) is 0.375. The summed E-state index contributed by atoms with van der Waals surface area (Å²) in [7, 11) is 0. The van der Waals surface area contributed by atoms with Crippen molar-refractivity contribution < 1.29 is 10.2 Å². The highest BCUT2D eigenvalue weighted by Crippen LogP contribution is 2.19. The molecule has 0 saturated heterocycles. The van der Waals surface area contributed by atoms with Gasteiger partial charge < -0.3 is 15.5 Å². The molecule has 0 aliphatic carbocycles. The number of phenols is 1. The third kappa shape index (κ3) is 2.87. The molecular weight excluding hydrogens is 216 g/mol. The highest BCUT2D eigenvalue weighted by molar-refractivity contribution is 5.48. The van der Waals surface area contributed by atoms with Gasteiger partial charge in [-0.05, 0) is 31.2 Å². The molecule has 0 spiro atoms. The fraction of sp³-hybridized carbons (Fsp3) is 0.154. The number of nitrogens with one attached hydrogen (secondary N) is 1. The first-order valence-corrected chi connectivity index (χ1v) is 5.33. The average molecular weight is 230 g/mol. The Bertz CT molecular complexity index is 527. The Balaban J connectivity index is 2.09. The summed E-state index contributed by atoms with van der Waals surface area (Å²) in [6, 6.07) is 10.2. The van der Waals surface area contributed by atoms with E-state index in [0.717, 1.165) is 11.4 Å². The van der Waals surface area contributed by atoms with Gasteiger partial charge in [0.1, 0.15) is 17.2 Å². The van der Waals surface area contributed by atoms with E-state index < -0.39 is 0 Å². The molecule has 4 nitrogen and oxygen atoms in total. The Labute approximate surface area is 99.6 Å². The van der Waals surface area contributed by atoms with E-state index in [0.29, 0.717) is 12.2 Å². The largest absolute Gasteiger partial charge is 0.508 e. The van der Waals surface area contributed by atoms with Gasteiger partial charge in [-0.15, -0.1) is 0 Å². The number of pyridine rings is 1. The molecule has 4 heteroatoms. The first-order valence-electron chi connectivity index (χ1n) is 5.33. The van der Waals surface area contributed by atoms with E-state index in [1.165, 1.54) is 0 Å². The quantitative estimate of drug-likeness (QED) is 0.757. The average Bonchev–Trinajstić information content (AvgIpc) is 2.30. The summed E-state index contributed by atoms with van der Waals surface area (Å²) in [5, 5.41) is 22.0. The minimum atomic E-state index is 0.170. The van der Waals surface area contributed by atoms with Crippen LogP contribution < -0.4 is 5.32 Å².